The molecule has 1 N–H and O–H groups in total. The Morgan fingerprint density at radius 2 is 1.92 bits per heavy atom. The highest BCUT2D eigenvalue weighted by Crippen LogP contribution is 2.17. The van der Waals surface area contributed by atoms with Crippen molar-refractivity contribution >= 4 is 11.7 Å². The molecular weight excluding hydrogens is 331 g/mol. The minimum absolute atomic E-state index is 0.264. The van der Waals surface area contributed by atoms with E-state index in [1.54, 1.807) is 19.2 Å². The van der Waals surface area contributed by atoms with Gasteiger partial charge in [0.2, 0.25) is 0 Å². The third kappa shape index (κ3) is 4.08. The summed E-state index contributed by atoms with van der Waals surface area (Å²) >= 11 is 0. The fourth-order valence-corrected chi connectivity index (χ4v) is 2.81. The average Bonchev–Trinajstić information content (AvgIpc) is 2.93. The first kappa shape index (κ1) is 17.7. The summed E-state index contributed by atoms with van der Waals surface area (Å²) in [5.41, 5.74) is 4.24. The lowest BCUT2D eigenvalue weighted by atomic mass is 10.2. The largest absolute Gasteiger partial charge is 0.323 e. The van der Waals surface area contributed by atoms with Crippen LogP contribution in [0.25, 0.3) is 5.69 Å². The fourth-order valence-electron chi connectivity index (χ4n) is 2.81. The molecule has 0 saturated carbocycles. The zero-order valence-corrected chi connectivity index (χ0v) is 15.0. The number of hydrogen-bond acceptors (Lipinski definition) is 2. The first-order valence-electron chi connectivity index (χ1n) is 8.32. The lowest BCUT2D eigenvalue weighted by Gasteiger charge is -2.18. The maximum absolute atomic E-state index is 13.3. The van der Waals surface area contributed by atoms with Crippen molar-refractivity contribution in [3.05, 3.63) is 77.4 Å². The number of rotatable bonds is 4. The van der Waals surface area contributed by atoms with Crippen LogP contribution in [0.4, 0.5) is 14.9 Å². The number of amides is 2. The molecule has 5 nitrogen and oxygen atoms in total. The number of benzene rings is 2. The van der Waals surface area contributed by atoms with Crippen LogP contribution in [0.1, 0.15) is 17.0 Å². The van der Waals surface area contributed by atoms with Gasteiger partial charge in [0.1, 0.15) is 5.82 Å². The van der Waals surface area contributed by atoms with Gasteiger partial charge in [0.05, 0.1) is 11.4 Å². The van der Waals surface area contributed by atoms with Gasteiger partial charge >= 0.3 is 6.03 Å². The first-order chi connectivity index (χ1) is 12.4. The summed E-state index contributed by atoms with van der Waals surface area (Å²) in [6.07, 6.45) is 0. The van der Waals surface area contributed by atoms with E-state index < -0.39 is 0 Å². The molecule has 0 atom stereocenters. The highest BCUT2D eigenvalue weighted by molar-refractivity contribution is 5.89. The van der Waals surface area contributed by atoms with Crippen LogP contribution in [-0.4, -0.2) is 27.8 Å². The van der Waals surface area contributed by atoms with Gasteiger partial charge in [-0.3, -0.25) is 0 Å². The Morgan fingerprint density at radius 3 is 2.62 bits per heavy atom. The van der Waals surface area contributed by atoms with E-state index in [1.165, 1.54) is 17.0 Å². The van der Waals surface area contributed by atoms with Crippen LogP contribution in [-0.2, 0) is 6.54 Å². The fraction of sp³-hybridized carbons (Fsp3) is 0.200. The summed E-state index contributed by atoms with van der Waals surface area (Å²) < 4.78 is 15.1. The Hall–Kier alpha value is -3.15. The van der Waals surface area contributed by atoms with E-state index in [0.717, 1.165) is 22.6 Å². The van der Waals surface area contributed by atoms with Crippen molar-refractivity contribution in [1.82, 2.24) is 14.7 Å². The summed E-state index contributed by atoms with van der Waals surface area (Å²) in [6.45, 7) is 4.25. The van der Waals surface area contributed by atoms with Crippen molar-refractivity contribution in [2.45, 2.75) is 20.4 Å². The Labute approximate surface area is 152 Å². The number of carbonyl (C=O) groups is 1. The first-order valence-corrected chi connectivity index (χ1v) is 8.32. The maximum atomic E-state index is 13.3. The summed E-state index contributed by atoms with van der Waals surface area (Å²) in [7, 11) is 1.67. The van der Waals surface area contributed by atoms with Crippen LogP contribution in [0.2, 0.25) is 0 Å². The smallest absolute Gasteiger partial charge is 0.321 e. The molecule has 0 aliphatic carbocycles. The summed E-state index contributed by atoms with van der Waals surface area (Å²) in [5, 5.41) is 7.32. The molecule has 0 fully saturated rings. The van der Waals surface area contributed by atoms with Crippen molar-refractivity contribution in [2.24, 2.45) is 0 Å². The van der Waals surface area contributed by atoms with E-state index in [4.69, 9.17) is 0 Å². The Morgan fingerprint density at radius 1 is 1.15 bits per heavy atom. The molecule has 0 aliphatic rings. The molecule has 0 unspecified atom stereocenters. The summed E-state index contributed by atoms with van der Waals surface area (Å²) in [4.78, 5) is 13.9. The topological polar surface area (TPSA) is 50.2 Å². The van der Waals surface area contributed by atoms with Gasteiger partial charge in [-0.25, -0.2) is 13.9 Å². The number of anilines is 1. The molecular formula is C20H21FN4O. The number of carbonyl (C=O) groups excluding carboxylic acids is 1. The summed E-state index contributed by atoms with van der Waals surface area (Å²) in [5.74, 6) is -0.311. The monoisotopic (exact) mass is 352 g/mol. The molecule has 0 saturated heterocycles. The zero-order valence-electron chi connectivity index (χ0n) is 15.0. The van der Waals surface area contributed by atoms with Crippen molar-refractivity contribution < 1.29 is 9.18 Å². The molecule has 26 heavy (non-hydrogen) atoms. The molecule has 2 amide bonds. The lowest BCUT2D eigenvalue weighted by molar-refractivity contribution is 0.220. The highest BCUT2D eigenvalue weighted by Gasteiger charge is 2.11. The van der Waals surface area contributed by atoms with Crippen LogP contribution in [0.15, 0.2) is 54.6 Å². The molecule has 3 rings (SSSR count). The maximum Gasteiger partial charge on any atom is 0.321 e. The van der Waals surface area contributed by atoms with Gasteiger partial charge in [0.15, 0.2) is 0 Å². The molecule has 1 heterocycles. The number of hydrogen-bond donors (Lipinski definition) is 1. The average molecular weight is 352 g/mol. The van der Waals surface area contributed by atoms with Gasteiger partial charge in [0, 0.05) is 25.0 Å². The second-order valence-corrected chi connectivity index (χ2v) is 6.31. The molecule has 0 bridgehead atoms. The second kappa shape index (κ2) is 7.39. The predicted molar refractivity (Wildman–Crippen MR) is 99.9 cm³/mol. The Kier molecular flexibility index (Phi) is 5.02. The molecule has 2 aromatic carbocycles. The van der Waals surface area contributed by atoms with Crippen LogP contribution >= 0.6 is 0 Å². The van der Waals surface area contributed by atoms with E-state index in [0.29, 0.717) is 12.2 Å². The number of urea groups is 1. The standard InChI is InChI=1S/C20H21FN4O/c1-14-10-15(2)25(23-14)19-9-5-8-18(12-19)22-20(26)24(3)13-16-6-4-7-17(21)11-16/h4-12H,13H2,1-3H3,(H,22,26). The number of halogens is 1. The minimum atomic E-state index is -0.311. The third-order valence-electron chi connectivity index (χ3n) is 4.01. The molecule has 3 aromatic rings. The Balaban J connectivity index is 1.71. The molecule has 6 heteroatoms. The number of nitrogens with one attached hydrogen (secondary N) is 1. The van der Waals surface area contributed by atoms with Crippen LogP contribution in [0.5, 0.6) is 0 Å². The van der Waals surface area contributed by atoms with Gasteiger partial charge in [0.25, 0.3) is 0 Å². The number of aromatic nitrogens is 2. The van der Waals surface area contributed by atoms with Gasteiger partial charge in [-0.1, -0.05) is 18.2 Å². The number of nitrogens with zero attached hydrogens (tertiary/aromatic N) is 3. The SMILES string of the molecule is Cc1cc(C)n(-c2cccc(NC(=O)N(C)Cc3cccc(F)c3)c2)n1. The lowest BCUT2D eigenvalue weighted by Crippen LogP contribution is -2.30. The quantitative estimate of drug-likeness (QED) is 0.761. The van der Waals surface area contributed by atoms with E-state index in [9.17, 15) is 9.18 Å². The van der Waals surface area contributed by atoms with E-state index in [2.05, 4.69) is 10.4 Å². The molecule has 0 aliphatic heterocycles. The normalized spacial score (nSPS) is 10.6. The van der Waals surface area contributed by atoms with Crippen LogP contribution < -0.4 is 5.32 Å². The molecule has 134 valence electrons. The third-order valence-corrected chi connectivity index (χ3v) is 4.01. The minimum Gasteiger partial charge on any atom is -0.323 e. The van der Waals surface area contributed by atoms with Crippen LogP contribution in [0, 0.1) is 19.7 Å². The van der Waals surface area contributed by atoms with E-state index in [-0.39, 0.29) is 11.8 Å². The van der Waals surface area contributed by atoms with E-state index >= 15 is 0 Å². The van der Waals surface area contributed by atoms with E-state index in [1.807, 2.05) is 48.9 Å². The summed E-state index contributed by atoms with van der Waals surface area (Å²) in [6, 6.07) is 15.5. The van der Waals surface area contributed by atoms with Gasteiger partial charge in [-0.05, 0) is 55.8 Å². The van der Waals surface area contributed by atoms with Crippen molar-refractivity contribution in [2.75, 3.05) is 12.4 Å². The molecule has 1 aromatic heterocycles. The zero-order chi connectivity index (χ0) is 18.7. The Bertz CT molecular complexity index is 935. The van der Waals surface area contributed by atoms with Gasteiger partial charge < -0.3 is 10.2 Å². The van der Waals surface area contributed by atoms with Crippen LogP contribution in [0.3, 0.4) is 0 Å². The van der Waals surface area contributed by atoms with Crippen molar-refractivity contribution in [1.29, 1.82) is 0 Å². The second-order valence-electron chi connectivity index (χ2n) is 6.31. The highest BCUT2D eigenvalue weighted by atomic mass is 19.1. The van der Waals surface area contributed by atoms with Gasteiger partial charge in [-0.2, -0.15) is 5.10 Å². The number of aryl methyl sites for hydroxylation is 2. The predicted octanol–water partition coefficient (Wildman–Crippen LogP) is 4.29. The van der Waals surface area contributed by atoms with Gasteiger partial charge in [-0.15, -0.1) is 0 Å². The van der Waals surface area contributed by atoms with Crippen molar-refractivity contribution in [3.63, 3.8) is 0 Å². The molecule has 0 spiro atoms. The van der Waals surface area contributed by atoms with Crippen molar-refractivity contribution in [3.8, 4) is 5.69 Å². The molecule has 0 radical (unpaired) electrons.